The number of hydrogen-bond donors (Lipinski definition) is 1. The Morgan fingerprint density at radius 2 is 1.62 bits per heavy atom. The van der Waals surface area contributed by atoms with E-state index in [9.17, 15) is 14.4 Å². The van der Waals surface area contributed by atoms with Gasteiger partial charge >= 0.3 is 6.03 Å². The SMILES string of the molecule is COc1ccc(/C=C2\C(=O)NC(=O)N(c3ccccc3)C2=O)cc1OC. The zero-order valence-electron chi connectivity index (χ0n) is 14.2. The molecule has 0 saturated carbocycles. The topological polar surface area (TPSA) is 84.9 Å². The van der Waals surface area contributed by atoms with Crippen molar-refractivity contribution < 1.29 is 23.9 Å². The highest BCUT2D eigenvalue weighted by Gasteiger charge is 2.36. The molecule has 2 aromatic carbocycles. The maximum Gasteiger partial charge on any atom is 0.335 e. The fraction of sp³-hybridized carbons (Fsp3) is 0.105. The summed E-state index contributed by atoms with van der Waals surface area (Å²) in [6.45, 7) is 0. The molecule has 1 heterocycles. The summed E-state index contributed by atoms with van der Waals surface area (Å²) in [5, 5.41) is 2.18. The van der Waals surface area contributed by atoms with Gasteiger partial charge in [-0.2, -0.15) is 0 Å². The number of carbonyl (C=O) groups is 3. The number of ether oxygens (including phenoxy) is 2. The van der Waals surface area contributed by atoms with Crippen LogP contribution in [-0.2, 0) is 9.59 Å². The Morgan fingerprint density at radius 3 is 2.27 bits per heavy atom. The molecule has 0 atom stereocenters. The molecule has 1 aliphatic heterocycles. The first kappa shape index (κ1) is 17.2. The van der Waals surface area contributed by atoms with Crippen LogP contribution in [0.5, 0.6) is 11.5 Å². The van der Waals surface area contributed by atoms with Crippen molar-refractivity contribution in [2.24, 2.45) is 0 Å². The molecule has 0 radical (unpaired) electrons. The number of nitrogens with zero attached hydrogens (tertiary/aromatic N) is 1. The second-order valence-electron chi connectivity index (χ2n) is 5.41. The summed E-state index contributed by atoms with van der Waals surface area (Å²) in [6.07, 6.45) is 1.40. The van der Waals surface area contributed by atoms with Gasteiger partial charge in [-0.05, 0) is 35.9 Å². The van der Waals surface area contributed by atoms with Crippen molar-refractivity contribution in [1.82, 2.24) is 5.32 Å². The van der Waals surface area contributed by atoms with E-state index in [2.05, 4.69) is 5.32 Å². The van der Waals surface area contributed by atoms with Crippen LogP contribution >= 0.6 is 0 Å². The monoisotopic (exact) mass is 352 g/mol. The lowest BCUT2D eigenvalue weighted by molar-refractivity contribution is -0.122. The maximum atomic E-state index is 12.7. The van der Waals surface area contributed by atoms with Gasteiger partial charge in [-0.1, -0.05) is 24.3 Å². The third-order valence-corrected chi connectivity index (χ3v) is 3.83. The Hall–Kier alpha value is -3.61. The molecular weight excluding hydrogens is 336 g/mol. The largest absolute Gasteiger partial charge is 0.493 e. The van der Waals surface area contributed by atoms with Crippen LogP contribution < -0.4 is 19.7 Å². The Labute approximate surface area is 149 Å². The molecule has 0 unspecified atom stereocenters. The van der Waals surface area contributed by atoms with E-state index in [0.29, 0.717) is 22.7 Å². The van der Waals surface area contributed by atoms with Crippen LogP contribution in [0.2, 0.25) is 0 Å². The predicted molar refractivity (Wildman–Crippen MR) is 95.0 cm³/mol. The summed E-state index contributed by atoms with van der Waals surface area (Å²) in [5.41, 5.74) is 0.782. The Morgan fingerprint density at radius 1 is 0.923 bits per heavy atom. The number of nitrogens with one attached hydrogen (secondary N) is 1. The summed E-state index contributed by atoms with van der Waals surface area (Å²) in [7, 11) is 3.00. The van der Waals surface area contributed by atoms with Crippen LogP contribution in [0, 0.1) is 0 Å². The number of imide groups is 2. The highest BCUT2D eigenvalue weighted by atomic mass is 16.5. The van der Waals surface area contributed by atoms with Gasteiger partial charge in [0.25, 0.3) is 11.8 Å². The highest BCUT2D eigenvalue weighted by Crippen LogP contribution is 2.29. The van der Waals surface area contributed by atoms with E-state index in [1.165, 1.54) is 20.3 Å². The van der Waals surface area contributed by atoms with Crippen molar-refractivity contribution in [1.29, 1.82) is 0 Å². The molecule has 1 aliphatic rings. The molecule has 4 amide bonds. The molecule has 26 heavy (non-hydrogen) atoms. The fourth-order valence-electron chi connectivity index (χ4n) is 2.58. The number of amides is 4. The number of urea groups is 1. The Balaban J connectivity index is 2.01. The van der Waals surface area contributed by atoms with Gasteiger partial charge in [-0.15, -0.1) is 0 Å². The number of methoxy groups -OCH3 is 2. The van der Waals surface area contributed by atoms with Crippen molar-refractivity contribution in [3.8, 4) is 11.5 Å². The zero-order chi connectivity index (χ0) is 18.7. The third-order valence-electron chi connectivity index (χ3n) is 3.83. The number of anilines is 1. The lowest BCUT2D eigenvalue weighted by Crippen LogP contribution is -2.54. The zero-order valence-corrected chi connectivity index (χ0v) is 14.2. The second-order valence-corrected chi connectivity index (χ2v) is 5.41. The van der Waals surface area contributed by atoms with Gasteiger partial charge in [0.05, 0.1) is 19.9 Å². The van der Waals surface area contributed by atoms with Gasteiger partial charge in [-0.25, -0.2) is 9.69 Å². The standard InChI is InChI=1S/C19H16N2O5/c1-25-15-9-8-12(11-16(15)26-2)10-14-17(22)20-19(24)21(18(14)23)13-6-4-3-5-7-13/h3-11H,1-2H3,(H,20,22,24)/b14-10+. The lowest BCUT2D eigenvalue weighted by Gasteiger charge is -2.26. The quantitative estimate of drug-likeness (QED) is 0.674. The summed E-state index contributed by atoms with van der Waals surface area (Å²) >= 11 is 0. The maximum absolute atomic E-state index is 12.7. The minimum Gasteiger partial charge on any atom is -0.493 e. The minimum atomic E-state index is -0.782. The van der Waals surface area contributed by atoms with Gasteiger partial charge in [0.1, 0.15) is 5.57 Å². The molecule has 7 heteroatoms. The Kier molecular flexibility index (Phi) is 4.70. The first-order valence-corrected chi connectivity index (χ1v) is 7.73. The molecule has 1 N–H and O–H groups in total. The van der Waals surface area contributed by atoms with Crippen molar-refractivity contribution in [3.63, 3.8) is 0 Å². The first-order valence-electron chi connectivity index (χ1n) is 7.73. The Bertz CT molecular complexity index is 905. The van der Waals surface area contributed by atoms with Crippen molar-refractivity contribution in [2.75, 3.05) is 19.1 Å². The molecular formula is C19H16N2O5. The molecule has 3 rings (SSSR count). The van der Waals surface area contributed by atoms with Crippen LogP contribution in [0.25, 0.3) is 6.08 Å². The molecule has 7 nitrogen and oxygen atoms in total. The van der Waals surface area contributed by atoms with E-state index in [0.717, 1.165) is 4.90 Å². The predicted octanol–water partition coefficient (Wildman–Crippen LogP) is 2.37. The number of carbonyl (C=O) groups excluding carboxylic acids is 3. The van der Waals surface area contributed by atoms with Gasteiger partial charge in [0.2, 0.25) is 0 Å². The van der Waals surface area contributed by atoms with Gasteiger partial charge in [0.15, 0.2) is 11.5 Å². The average molecular weight is 352 g/mol. The number of benzene rings is 2. The van der Waals surface area contributed by atoms with E-state index in [4.69, 9.17) is 9.47 Å². The van der Waals surface area contributed by atoms with E-state index >= 15 is 0 Å². The van der Waals surface area contributed by atoms with Crippen molar-refractivity contribution >= 4 is 29.6 Å². The molecule has 1 saturated heterocycles. The van der Waals surface area contributed by atoms with Crippen LogP contribution in [0.4, 0.5) is 10.5 Å². The van der Waals surface area contributed by atoms with Crippen LogP contribution in [0.1, 0.15) is 5.56 Å². The van der Waals surface area contributed by atoms with E-state index in [1.807, 2.05) is 0 Å². The molecule has 0 aliphatic carbocycles. The van der Waals surface area contributed by atoms with Crippen LogP contribution in [0.15, 0.2) is 54.1 Å². The summed E-state index contributed by atoms with van der Waals surface area (Å²) < 4.78 is 10.4. The van der Waals surface area contributed by atoms with Gasteiger partial charge in [0, 0.05) is 0 Å². The first-order chi connectivity index (χ1) is 12.5. The fourth-order valence-corrected chi connectivity index (χ4v) is 2.58. The number of rotatable bonds is 4. The molecule has 132 valence electrons. The molecule has 0 aromatic heterocycles. The number of hydrogen-bond acceptors (Lipinski definition) is 5. The number of para-hydroxylation sites is 1. The minimum absolute atomic E-state index is 0.152. The van der Waals surface area contributed by atoms with Crippen molar-refractivity contribution in [2.45, 2.75) is 0 Å². The number of barbiturate groups is 1. The van der Waals surface area contributed by atoms with Gasteiger partial charge in [-0.3, -0.25) is 14.9 Å². The average Bonchev–Trinajstić information content (AvgIpc) is 2.65. The van der Waals surface area contributed by atoms with E-state index in [1.54, 1.807) is 48.5 Å². The molecule has 0 spiro atoms. The smallest absolute Gasteiger partial charge is 0.335 e. The van der Waals surface area contributed by atoms with Crippen molar-refractivity contribution in [3.05, 3.63) is 59.7 Å². The van der Waals surface area contributed by atoms with E-state index in [-0.39, 0.29) is 5.57 Å². The third kappa shape index (κ3) is 3.14. The van der Waals surface area contributed by atoms with Crippen LogP contribution in [0.3, 0.4) is 0 Å². The second kappa shape index (κ2) is 7.10. The normalized spacial score (nSPS) is 15.8. The summed E-state index contributed by atoms with van der Waals surface area (Å²) in [5.74, 6) is -0.460. The summed E-state index contributed by atoms with van der Waals surface area (Å²) in [4.78, 5) is 38.0. The van der Waals surface area contributed by atoms with E-state index < -0.39 is 17.8 Å². The molecule has 0 bridgehead atoms. The van der Waals surface area contributed by atoms with Crippen LogP contribution in [-0.4, -0.2) is 32.1 Å². The highest BCUT2D eigenvalue weighted by molar-refractivity contribution is 6.39. The summed E-state index contributed by atoms with van der Waals surface area (Å²) in [6, 6.07) is 12.6. The molecule has 2 aromatic rings. The van der Waals surface area contributed by atoms with Gasteiger partial charge < -0.3 is 9.47 Å². The lowest BCUT2D eigenvalue weighted by atomic mass is 10.1. The molecule has 1 fully saturated rings.